The minimum atomic E-state index is -0.139. The summed E-state index contributed by atoms with van der Waals surface area (Å²) in [6, 6.07) is 13.5. The standard InChI is InChI=1S/C24H22ClN5O2/c1-3-30-22-16(11-26-24(29-22)28-17-12-32-13-17)9-19(23(30)31)18-8-7-15(10-20(18)25)21-6-4-5-14(2)27-21/h4-11,17H,3,12-13H2,1-2H3,(H,26,28,29). The predicted octanol–water partition coefficient (Wildman–Crippen LogP) is 4.31. The van der Waals surface area contributed by atoms with Gasteiger partial charge in [-0.15, -0.1) is 0 Å². The van der Waals surface area contributed by atoms with Gasteiger partial charge in [0.1, 0.15) is 5.65 Å². The molecule has 1 fully saturated rings. The number of hydrogen-bond acceptors (Lipinski definition) is 6. The number of aryl methyl sites for hydroxylation is 2. The molecule has 4 heterocycles. The molecule has 0 saturated carbocycles. The van der Waals surface area contributed by atoms with E-state index in [1.165, 1.54) is 0 Å². The summed E-state index contributed by atoms with van der Waals surface area (Å²) >= 11 is 6.65. The van der Waals surface area contributed by atoms with E-state index < -0.39 is 0 Å². The maximum absolute atomic E-state index is 13.4. The van der Waals surface area contributed by atoms with Gasteiger partial charge in [-0.1, -0.05) is 29.8 Å². The number of ether oxygens (including phenoxy) is 1. The SMILES string of the molecule is CCn1c(=O)c(-c2ccc(-c3cccc(C)n3)cc2Cl)cc2cnc(NC3COC3)nc21. The maximum Gasteiger partial charge on any atom is 0.260 e. The average molecular weight is 448 g/mol. The third kappa shape index (κ3) is 3.74. The molecule has 0 spiro atoms. The number of nitrogens with zero attached hydrogens (tertiary/aromatic N) is 4. The van der Waals surface area contributed by atoms with Crippen molar-refractivity contribution < 1.29 is 4.74 Å². The molecule has 0 bridgehead atoms. The lowest BCUT2D eigenvalue weighted by Crippen LogP contribution is -2.40. The van der Waals surface area contributed by atoms with Crippen LogP contribution in [-0.4, -0.2) is 38.8 Å². The van der Waals surface area contributed by atoms with Gasteiger partial charge in [0.05, 0.1) is 24.9 Å². The summed E-state index contributed by atoms with van der Waals surface area (Å²) in [6.07, 6.45) is 1.73. The van der Waals surface area contributed by atoms with Crippen LogP contribution in [0, 0.1) is 6.92 Å². The highest BCUT2D eigenvalue weighted by atomic mass is 35.5. The van der Waals surface area contributed by atoms with Gasteiger partial charge in [0, 0.05) is 45.5 Å². The van der Waals surface area contributed by atoms with Gasteiger partial charge < -0.3 is 10.1 Å². The van der Waals surface area contributed by atoms with Crippen molar-refractivity contribution in [3.63, 3.8) is 0 Å². The molecule has 0 atom stereocenters. The molecule has 4 aromatic rings. The normalized spacial score (nSPS) is 13.8. The zero-order valence-electron chi connectivity index (χ0n) is 17.8. The monoisotopic (exact) mass is 447 g/mol. The number of fused-ring (bicyclic) bond motifs is 1. The van der Waals surface area contributed by atoms with E-state index >= 15 is 0 Å². The summed E-state index contributed by atoms with van der Waals surface area (Å²) < 4.78 is 6.84. The van der Waals surface area contributed by atoms with Gasteiger partial charge in [-0.25, -0.2) is 4.98 Å². The Morgan fingerprint density at radius 2 is 2.00 bits per heavy atom. The van der Waals surface area contributed by atoms with Crippen molar-refractivity contribution in [1.29, 1.82) is 0 Å². The fourth-order valence-corrected chi connectivity index (χ4v) is 4.10. The molecular weight excluding hydrogens is 426 g/mol. The first-order chi connectivity index (χ1) is 15.5. The Labute approximate surface area is 190 Å². The topological polar surface area (TPSA) is 81.9 Å². The Balaban J connectivity index is 1.58. The largest absolute Gasteiger partial charge is 0.377 e. The van der Waals surface area contributed by atoms with Gasteiger partial charge in [-0.05, 0) is 38.1 Å². The molecule has 1 aromatic carbocycles. The van der Waals surface area contributed by atoms with Gasteiger partial charge >= 0.3 is 0 Å². The lowest BCUT2D eigenvalue weighted by molar-refractivity contribution is 0.0208. The number of pyridine rings is 2. The zero-order chi connectivity index (χ0) is 22.2. The second kappa shape index (κ2) is 8.33. The van der Waals surface area contributed by atoms with Crippen LogP contribution in [0.4, 0.5) is 5.95 Å². The minimum Gasteiger partial charge on any atom is -0.377 e. The molecule has 3 aromatic heterocycles. The summed E-state index contributed by atoms with van der Waals surface area (Å²) in [7, 11) is 0. The molecule has 1 N–H and O–H groups in total. The molecular formula is C24H22ClN5O2. The Hall–Kier alpha value is -3.29. The van der Waals surface area contributed by atoms with Crippen molar-refractivity contribution in [1.82, 2.24) is 19.5 Å². The Bertz CT molecular complexity index is 1380. The summed E-state index contributed by atoms with van der Waals surface area (Å²) in [5.74, 6) is 0.494. The van der Waals surface area contributed by atoms with Gasteiger partial charge in [-0.3, -0.25) is 14.3 Å². The molecule has 7 nitrogen and oxygen atoms in total. The van der Waals surface area contributed by atoms with Gasteiger partial charge in [-0.2, -0.15) is 4.98 Å². The molecule has 8 heteroatoms. The number of halogens is 1. The Kier molecular flexibility index (Phi) is 5.36. The van der Waals surface area contributed by atoms with Gasteiger partial charge in [0.2, 0.25) is 5.95 Å². The van der Waals surface area contributed by atoms with Crippen LogP contribution in [0.3, 0.4) is 0 Å². The first-order valence-corrected chi connectivity index (χ1v) is 10.9. The fourth-order valence-electron chi connectivity index (χ4n) is 3.81. The highest BCUT2D eigenvalue weighted by Gasteiger charge is 2.20. The van der Waals surface area contributed by atoms with E-state index in [9.17, 15) is 4.79 Å². The lowest BCUT2D eigenvalue weighted by atomic mass is 10.0. The molecule has 0 unspecified atom stereocenters. The van der Waals surface area contributed by atoms with E-state index in [1.54, 1.807) is 10.8 Å². The molecule has 0 aliphatic carbocycles. The molecule has 5 rings (SSSR count). The summed E-state index contributed by atoms with van der Waals surface area (Å²) in [6.45, 7) is 5.62. The zero-order valence-corrected chi connectivity index (χ0v) is 18.6. The summed E-state index contributed by atoms with van der Waals surface area (Å²) in [4.78, 5) is 26.9. The number of rotatable bonds is 5. The summed E-state index contributed by atoms with van der Waals surface area (Å²) in [5.41, 5.74) is 4.32. The molecule has 1 saturated heterocycles. The van der Waals surface area contributed by atoms with Crippen LogP contribution >= 0.6 is 11.6 Å². The molecule has 162 valence electrons. The highest BCUT2D eigenvalue weighted by Crippen LogP contribution is 2.31. The number of hydrogen-bond donors (Lipinski definition) is 1. The minimum absolute atomic E-state index is 0.139. The first-order valence-electron chi connectivity index (χ1n) is 10.5. The highest BCUT2D eigenvalue weighted by molar-refractivity contribution is 6.33. The van der Waals surface area contributed by atoms with Crippen LogP contribution in [-0.2, 0) is 11.3 Å². The number of aromatic nitrogens is 4. The van der Waals surface area contributed by atoms with Crippen molar-refractivity contribution in [2.24, 2.45) is 0 Å². The maximum atomic E-state index is 13.4. The second-order valence-electron chi connectivity index (χ2n) is 7.82. The van der Waals surface area contributed by atoms with Crippen LogP contribution in [0.5, 0.6) is 0 Å². The Morgan fingerprint density at radius 1 is 1.16 bits per heavy atom. The van der Waals surface area contributed by atoms with Crippen molar-refractivity contribution in [3.8, 4) is 22.4 Å². The fraction of sp³-hybridized carbons (Fsp3) is 0.250. The quantitative estimate of drug-likeness (QED) is 0.491. The van der Waals surface area contributed by atoms with Crippen molar-refractivity contribution in [3.05, 3.63) is 69.7 Å². The molecule has 1 aliphatic rings. The Morgan fingerprint density at radius 3 is 2.69 bits per heavy atom. The second-order valence-corrected chi connectivity index (χ2v) is 8.22. The van der Waals surface area contributed by atoms with Crippen LogP contribution in [0.25, 0.3) is 33.4 Å². The predicted molar refractivity (Wildman–Crippen MR) is 126 cm³/mol. The van der Waals surface area contributed by atoms with E-state index in [0.717, 1.165) is 22.3 Å². The van der Waals surface area contributed by atoms with Crippen LogP contribution in [0.1, 0.15) is 12.6 Å². The van der Waals surface area contributed by atoms with Crippen LogP contribution < -0.4 is 10.9 Å². The van der Waals surface area contributed by atoms with E-state index in [2.05, 4.69) is 20.3 Å². The van der Waals surface area contributed by atoms with E-state index in [1.807, 2.05) is 56.3 Å². The smallest absolute Gasteiger partial charge is 0.260 e. The summed E-state index contributed by atoms with van der Waals surface area (Å²) in [5, 5.41) is 4.50. The lowest BCUT2D eigenvalue weighted by Gasteiger charge is -2.26. The van der Waals surface area contributed by atoms with E-state index in [0.29, 0.717) is 47.5 Å². The molecule has 1 aliphatic heterocycles. The van der Waals surface area contributed by atoms with Gasteiger partial charge in [0.25, 0.3) is 5.56 Å². The molecule has 0 radical (unpaired) electrons. The van der Waals surface area contributed by atoms with Crippen molar-refractivity contribution >= 4 is 28.6 Å². The third-order valence-corrected chi connectivity index (χ3v) is 5.87. The molecule has 32 heavy (non-hydrogen) atoms. The van der Waals surface area contributed by atoms with Crippen LogP contribution in [0.15, 0.2) is 53.5 Å². The van der Waals surface area contributed by atoms with E-state index in [-0.39, 0.29) is 11.6 Å². The van der Waals surface area contributed by atoms with E-state index in [4.69, 9.17) is 16.3 Å². The number of benzene rings is 1. The van der Waals surface area contributed by atoms with Crippen molar-refractivity contribution in [2.45, 2.75) is 26.4 Å². The average Bonchev–Trinajstić information content (AvgIpc) is 2.76. The van der Waals surface area contributed by atoms with Gasteiger partial charge in [0.15, 0.2) is 0 Å². The van der Waals surface area contributed by atoms with Crippen LogP contribution in [0.2, 0.25) is 5.02 Å². The number of anilines is 1. The van der Waals surface area contributed by atoms with Crippen molar-refractivity contribution in [2.75, 3.05) is 18.5 Å². The number of nitrogens with one attached hydrogen (secondary N) is 1. The first kappa shape index (κ1) is 20.6. The third-order valence-electron chi connectivity index (χ3n) is 5.56. The molecule has 0 amide bonds.